The minimum atomic E-state index is -8.98. The summed E-state index contributed by atoms with van der Waals surface area (Å²) in [7, 11) is 0. The van der Waals surface area contributed by atoms with Crippen molar-refractivity contribution in [3.05, 3.63) is 24.3 Å². The Morgan fingerprint density at radius 3 is 0.973 bits per heavy atom. The maximum atomic E-state index is 13.3. The van der Waals surface area contributed by atoms with E-state index in [1.54, 1.807) is 0 Å². The van der Waals surface area contributed by atoms with Gasteiger partial charge in [-0.2, -0.15) is 83.4 Å². The maximum Gasteiger partial charge on any atom is 0.460 e. The molecule has 0 fully saturated rings. The highest BCUT2D eigenvalue weighted by molar-refractivity contribution is 5.89. The monoisotopic (exact) mass is 598 g/mol. The van der Waals surface area contributed by atoms with E-state index in [-0.39, 0.29) is 0 Å². The van der Waals surface area contributed by atoms with Crippen molar-refractivity contribution in [1.29, 1.82) is 0 Å². The van der Waals surface area contributed by atoms with Gasteiger partial charge in [-0.15, -0.1) is 0 Å². The summed E-state index contributed by atoms with van der Waals surface area (Å²) in [6.45, 7) is 2.96. The van der Waals surface area contributed by atoms with Crippen LogP contribution in [0.2, 0.25) is 0 Å². The first-order chi connectivity index (χ1) is 15.8. The second kappa shape index (κ2) is 10.1. The Labute approximate surface area is 188 Å². The molecule has 0 aromatic rings. The van der Waals surface area contributed by atoms with Gasteiger partial charge < -0.3 is 10.2 Å². The summed E-state index contributed by atoms with van der Waals surface area (Å²) < 4.78 is 243. The zero-order valence-corrected chi connectivity index (χ0v) is 16.2. The summed E-state index contributed by atoms with van der Waals surface area (Å²) in [6.07, 6.45) is -11.6. The first kappa shape index (κ1) is 36.2. The van der Waals surface area contributed by atoms with Gasteiger partial charge in [0.1, 0.15) is 0 Å². The molecule has 218 valence electrons. The zero-order chi connectivity index (χ0) is 31.0. The van der Waals surface area contributed by atoms with Crippen LogP contribution in [-0.2, 0) is 9.59 Å². The number of hydrogen-bond donors (Lipinski definition) is 2. The molecule has 0 aromatic carbocycles. The second-order valence-corrected chi connectivity index (χ2v) is 6.00. The van der Waals surface area contributed by atoms with E-state index in [2.05, 4.69) is 6.58 Å². The Bertz CT molecular complexity index is 910. The molecule has 0 heterocycles. The molecular weight excluding hydrogens is 593 g/mol. The summed E-state index contributed by atoms with van der Waals surface area (Å²) >= 11 is 0. The fraction of sp³-hybridized carbons (Fsp3) is 0.571. The highest BCUT2D eigenvalue weighted by Gasteiger charge is 2.95. The summed E-state index contributed by atoms with van der Waals surface area (Å²) in [4.78, 5) is 19.4. The second-order valence-electron chi connectivity index (χ2n) is 6.00. The van der Waals surface area contributed by atoms with Gasteiger partial charge in [0.05, 0.1) is 0 Å². The maximum absolute atomic E-state index is 13.3. The smallest absolute Gasteiger partial charge is 0.460 e. The Morgan fingerprint density at radius 2 is 0.784 bits per heavy atom. The number of halogens is 19. The molecule has 0 rings (SSSR count). The lowest BCUT2D eigenvalue weighted by Crippen LogP contribution is -2.74. The third-order valence-electron chi connectivity index (χ3n) is 3.61. The van der Waals surface area contributed by atoms with Gasteiger partial charge in [0.2, 0.25) is 0 Å². The highest BCUT2D eigenvalue weighted by Crippen LogP contribution is 2.64. The Morgan fingerprint density at radius 1 is 0.541 bits per heavy atom. The Balaban J connectivity index is 0. The molecule has 0 amide bonds. The van der Waals surface area contributed by atoms with E-state index in [9.17, 15) is 93.0 Å². The van der Waals surface area contributed by atoms with Crippen molar-refractivity contribution in [3.8, 4) is 0 Å². The van der Waals surface area contributed by atoms with Gasteiger partial charge in [0.25, 0.3) is 6.08 Å². The van der Waals surface area contributed by atoms with Crippen molar-refractivity contribution >= 4 is 11.9 Å². The lowest BCUT2D eigenvalue weighted by molar-refractivity contribution is -0.460. The molecule has 0 spiro atoms. The molecule has 0 atom stereocenters. The van der Waals surface area contributed by atoms with Crippen LogP contribution < -0.4 is 0 Å². The molecule has 0 saturated carbocycles. The largest absolute Gasteiger partial charge is 0.478 e. The molecule has 0 bridgehead atoms. The average Bonchev–Trinajstić information content (AvgIpc) is 2.65. The van der Waals surface area contributed by atoms with Crippen LogP contribution >= 0.6 is 0 Å². The third-order valence-corrected chi connectivity index (χ3v) is 3.61. The van der Waals surface area contributed by atoms with Crippen LogP contribution in [-0.4, -0.2) is 69.8 Å². The van der Waals surface area contributed by atoms with Gasteiger partial charge in [-0.05, 0) is 0 Å². The number of alkyl halides is 17. The van der Waals surface area contributed by atoms with Gasteiger partial charge in [-0.1, -0.05) is 6.58 Å². The van der Waals surface area contributed by atoms with Crippen molar-refractivity contribution in [1.82, 2.24) is 0 Å². The molecule has 0 aliphatic heterocycles. The summed E-state index contributed by atoms with van der Waals surface area (Å²) in [6, 6.07) is 0. The topological polar surface area (TPSA) is 74.6 Å². The van der Waals surface area contributed by atoms with E-state index in [1.165, 1.54) is 0 Å². The van der Waals surface area contributed by atoms with Crippen LogP contribution in [0.25, 0.3) is 0 Å². The fourth-order valence-corrected chi connectivity index (χ4v) is 1.65. The summed E-state index contributed by atoms with van der Waals surface area (Å²) in [5, 5.41) is 15.5. The van der Waals surface area contributed by atoms with Crippen molar-refractivity contribution in [2.45, 2.75) is 47.6 Å². The van der Waals surface area contributed by atoms with Crippen LogP contribution in [0.15, 0.2) is 24.3 Å². The van der Waals surface area contributed by atoms with E-state index >= 15 is 0 Å². The molecule has 0 unspecified atom stereocenters. The summed E-state index contributed by atoms with van der Waals surface area (Å²) in [5.74, 6) is -65.2. The number of aliphatic carboxylic acids is 2. The fourth-order valence-electron chi connectivity index (χ4n) is 1.65. The molecular formula is C14H5F19O4. The van der Waals surface area contributed by atoms with Crippen molar-refractivity contribution in [3.63, 3.8) is 0 Å². The molecule has 0 radical (unpaired) electrons. The van der Waals surface area contributed by atoms with Crippen LogP contribution in [0.3, 0.4) is 0 Å². The Kier molecular flexibility index (Phi) is 9.89. The summed E-state index contributed by atoms with van der Waals surface area (Å²) in [5.41, 5.74) is -4.45. The lowest BCUT2D eigenvalue weighted by atomic mass is 9.87. The third kappa shape index (κ3) is 5.52. The van der Waals surface area contributed by atoms with Crippen LogP contribution in [0.4, 0.5) is 83.4 Å². The predicted octanol–water partition coefficient (Wildman–Crippen LogP) is 6.49. The normalized spacial score (nSPS) is 14.4. The van der Waals surface area contributed by atoms with E-state index in [0.29, 0.717) is 0 Å². The Hall–Kier alpha value is -2.91. The van der Waals surface area contributed by atoms with E-state index in [4.69, 9.17) is 10.2 Å². The average molecular weight is 598 g/mol. The molecule has 0 aromatic heterocycles. The minimum absolute atomic E-state index is 0.833. The first-order valence-corrected chi connectivity index (χ1v) is 7.64. The van der Waals surface area contributed by atoms with E-state index in [1.807, 2.05) is 0 Å². The molecule has 4 nitrogen and oxygen atoms in total. The van der Waals surface area contributed by atoms with E-state index in [0.717, 1.165) is 6.08 Å². The highest BCUT2D eigenvalue weighted by atomic mass is 19.4. The number of carboxylic acids is 2. The SMILES string of the molecule is C=CC(=O)O.O=C(O)C(=C(F)F)C(F)(F)C(F)(F)C(F)(F)C(F)(F)C(F)(F)C(F)(F)C(F)(F)C(F)(F)F. The molecule has 0 aliphatic rings. The quantitative estimate of drug-likeness (QED) is 0.235. The number of hydrogen-bond acceptors (Lipinski definition) is 2. The van der Waals surface area contributed by atoms with Gasteiger partial charge in [-0.3, -0.25) is 0 Å². The number of rotatable bonds is 9. The van der Waals surface area contributed by atoms with Crippen molar-refractivity contribution in [2.24, 2.45) is 0 Å². The van der Waals surface area contributed by atoms with Crippen molar-refractivity contribution < 1.29 is 103 Å². The van der Waals surface area contributed by atoms with Crippen molar-refractivity contribution in [2.75, 3.05) is 0 Å². The van der Waals surface area contributed by atoms with Crippen LogP contribution in [0, 0.1) is 0 Å². The van der Waals surface area contributed by atoms with Crippen LogP contribution in [0.1, 0.15) is 0 Å². The molecule has 0 aliphatic carbocycles. The number of carboxylic acid groups (broad SMARTS) is 2. The molecule has 0 saturated heterocycles. The van der Waals surface area contributed by atoms with Gasteiger partial charge in [0, 0.05) is 6.08 Å². The minimum Gasteiger partial charge on any atom is -0.478 e. The number of carbonyl (C=O) groups is 2. The molecule has 23 heteroatoms. The lowest BCUT2D eigenvalue weighted by Gasteiger charge is -2.42. The first-order valence-electron chi connectivity index (χ1n) is 7.64. The van der Waals surface area contributed by atoms with E-state index < -0.39 is 71.2 Å². The molecule has 37 heavy (non-hydrogen) atoms. The predicted molar refractivity (Wildman–Crippen MR) is 75.4 cm³/mol. The standard InChI is InChI=1S/C11HF19O2.C3H4O2/c12-2(13)1(3(31)32)4(14,15)5(16,17)6(18,19)7(20,21)8(22,23)9(24,25)10(26,27)11(28,29)30;1-2-3(4)5/h(H,31,32);2H,1H2,(H,4,5). The van der Waals surface area contributed by atoms with Crippen LogP contribution in [0.5, 0.6) is 0 Å². The zero-order valence-electron chi connectivity index (χ0n) is 16.2. The van der Waals surface area contributed by atoms with Gasteiger partial charge in [0.15, 0.2) is 5.57 Å². The van der Waals surface area contributed by atoms with Gasteiger partial charge in [-0.25, -0.2) is 9.59 Å². The molecule has 2 N–H and O–H groups in total. The van der Waals surface area contributed by atoms with Gasteiger partial charge >= 0.3 is 59.6 Å².